The van der Waals surface area contributed by atoms with Gasteiger partial charge in [0, 0.05) is 18.2 Å². The van der Waals surface area contributed by atoms with Gasteiger partial charge < -0.3 is 14.8 Å². The van der Waals surface area contributed by atoms with Crippen LogP contribution in [-0.4, -0.2) is 34.8 Å². The first kappa shape index (κ1) is 19.7. The maximum atomic E-state index is 12.4. The van der Waals surface area contributed by atoms with Crippen molar-refractivity contribution in [3.63, 3.8) is 0 Å². The summed E-state index contributed by atoms with van der Waals surface area (Å²) in [5.74, 6) is 0.937. The summed E-state index contributed by atoms with van der Waals surface area (Å²) in [5.41, 5.74) is 1.24. The van der Waals surface area contributed by atoms with Gasteiger partial charge in [0.1, 0.15) is 11.5 Å². The molecular formula is C18H22N2O5S. The molecule has 2 N–H and O–H groups in total. The number of hydrogen-bond acceptors (Lipinski definition) is 5. The van der Waals surface area contributed by atoms with Crippen LogP contribution in [0.4, 0.5) is 5.69 Å². The summed E-state index contributed by atoms with van der Waals surface area (Å²) in [7, 11) is -0.415. The minimum Gasteiger partial charge on any atom is -0.497 e. The molecule has 1 amide bonds. The van der Waals surface area contributed by atoms with E-state index < -0.39 is 16.1 Å². The highest BCUT2D eigenvalue weighted by molar-refractivity contribution is 7.88. The minimum absolute atomic E-state index is 0.0589. The van der Waals surface area contributed by atoms with E-state index in [1.165, 1.54) is 7.11 Å². The molecule has 0 heterocycles. The van der Waals surface area contributed by atoms with Gasteiger partial charge in [-0.15, -0.1) is 0 Å². The van der Waals surface area contributed by atoms with Crippen LogP contribution in [-0.2, 0) is 14.8 Å². The summed E-state index contributed by atoms with van der Waals surface area (Å²) in [5, 5.41) is 2.75. The highest BCUT2D eigenvalue weighted by Gasteiger charge is 2.20. The second-order valence-electron chi connectivity index (χ2n) is 5.70. The van der Waals surface area contributed by atoms with Gasteiger partial charge in [0.15, 0.2) is 0 Å². The maximum Gasteiger partial charge on any atom is 0.226 e. The Kier molecular flexibility index (Phi) is 6.59. The predicted octanol–water partition coefficient (Wildman–Crippen LogP) is 2.32. The summed E-state index contributed by atoms with van der Waals surface area (Å²) in [6.45, 7) is 0. The minimum atomic E-state index is -3.50. The molecule has 0 fully saturated rings. The number of methoxy groups -OCH3 is 2. The molecule has 2 aromatic carbocycles. The smallest absolute Gasteiger partial charge is 0.226 e. The second-order valence-corrected chi connectivity index (χ2v) is 7.48. The van der Waals surface area contributed by atoms with Gasteiger partial charge in [-0.3, -0.25) is 4.79 Å². The first-order valence-electron chi connectivity index (χ1n) is 7.86. The molecule has 140 valence electrons. The zero-order chi connectivity index (χ0) is 19.2. The molecule has 26 heavy (non-hydrogen) atoms. The Balaban J connectivity index is 2.15. The Morgan fingerprint density at radius 1 is 1.04 bits per heavy atom. The molecule has 7 nitrogen and oxygen atoms in total. The summed E-state index contributed by atoms with van der Waals surface area (Å²) < 4.78 is 36.1. The molecule has 0 aromatic heterocycles. The zero-order valence-corrected chi connectivity index (χ0v) is 15.7. The van der Waals surface area contributed by atoms with Crippen LogP contribution < -0.4 is 19.5 Å². The third-order valence-corrected chi connectivity index (χ3v) is 4.33. The molecule has 1 unspecified atom stereocenters. The van der Waals surface area contributed by atoms with Crippen molar-refractivity contribution in [1.29, 1.82) is 0 Å². The lowest BCUT2D eigenvalue weighted by Gasteiger charge is -2.18. The molecule has 0 bridgehead atoms. The molecule has 0 spiro atoms. The van der Waals surface area contributed by atoms with Crippen molar-refractivity contribution in [2.75, 3.05) is 25.8 Å². The fraction of sp³-hybridized carbons (Fsp3) is 0.278. The lowest BCUT2D eigenvalue weighted by atomic mass is 10.0. The summed E-state index contributed by atoms with van der Waals surface area (Å²) in [6, 6.07) is 13.1. The third kappa shape index (κ3) is 6.05. The van der Waals surface area contributed by atoms with Gasteiger partial charge in [-0.2, -0.15) is 0 Å². The molecular weight excluding hydrogens is 356 g/mol. The van der Waals surface area contributed by atoms with Crippen LogP contribution in [0, 0.1) is 0 Å². The van der Waals surface area contributed by atoms with Crippen LogP contribution in [0.3, 0.4) is 0 Å². The molecule has 1 atom stereocenters. The Hall–Kier alpha value is -2.58. The van der Waals surface area contributed by atoms with Crippen LogP contribution in [0.25, 0.3) is 0 Å². The molecule has 0 radical (unpaired) electrons. The van der Waals surface area contributed by atoms with Crippen LogP contribution in [0.1, 0.15) is 18.0 Å². The van der Waals surface area contributed by atoms with Gasteiger partial charge in [-0.05, 0) is 29.8 Å². The standard InChI is InChI=1S/C18H22N2O5S/c1-24-15-9-7-13(8-10-15)17(20-26(3,22)23)12-18(21)19-14-5-4-6-16(11-14)25-2/h4-11,17,20H,12H2,1-3H3,(H,19,21). The number of sulfonamides is 1. The Labute approximate surface area is 153 Å². The van der Waals surface area contributed by atoms with Crippen molar-refractivity contribution in [1.82, 2.24) is 4.72 Å². The first-order valence-corrected chi connectivity index (χ1v) is 9.75. The number of carbonyl (C=O) groups is 1. The van der Waals surface area contributed by atoms with Crippen molar-refractivity contribution in [2.45, 2.75) is 12.5 Å². The molecule has 0 aliphatic heterocycles. The maximum absolute atomic E-state index is 12.4. The number of rotatable bonds is 8. The van der Waals surface area contributed by atoms with Crippen molar-refractivity contribution >= 4 is 21.6 Å². The number of hydrogen-bond donors (Lipinski definition) is 2. The highest BCUT2D eigenvalue weighted by atomic mass is 32.2. The molecule has 8 heteroatoms. The van der Waals surface area contributed by atoms with Gasteiger partial charge in [-0.1, -0.05) is 18.2 Å². The van der Waals surface area contributed by atoms with Gasteiger partial charge >= 0.3 is 0 Å². The predicted molar refractivity (Wildman–Crippen MR) is 100.0 cm³/mol. The van der Waals surface area contributed by atoms with E-state index in [1.54, 1.807) is 55.6 Å². The third-order valence-electron chi connectivity index (χ3n) is 3.62. The normalized spacial score (nSPS) is 12.3. The summed E-state index contributed by atoms with van der Waals surface area (Å²) in [4.78, 5) is 12.4. The lowest BCUT2D eigenvalue weighted by molar-refractivity contribution is -0.116. The van der Waals surface area contributed by atoms with Crippen LogP contribution >= 0.6 is 0 Å². The fourth-order valence-electron chi connectivity index (χ4n) is 2.42. The van der Waals surface area contributed by atoms with Gasteiger partial charge in [0.25, 0.3) is 0 Å². The van der Waals surface area contributed by atoms with E-state index in [1.807, 2.05) is 0 Å². The van der Waals surface area contributed by atoms with E-state index in [0.717, 1.165) is 6.26 Å². The number of nitrogens with one attached hydrogen (secondary N) is 2. The number of benzene rings is 2. The average molecular weight is 378 g/mol. The molecule has 0 saturated carbocycles. The summed E-state index contributed by atoms with van der Waals surface area (Å²) in [6.07, 6.45) is 1.00. The zero-order valence-electron chi connectivity index (χ0n) is 14.9. The number of anilines is 1. The largest absolute Gasteiger partial charge is 0.497 e. The number of carbonyl (C=O) groups excluding carboxylic acids is 1. The van der Waals surface area contributed by atoms with E-state index in [4.69, 9.17) is 9.47 Å². The van der Waals surface area contributed by atoms with Crippen molar-refractivity contribution in [3.8, 4) is 11.5 Å². The SMILES string of the molecule is COc1ccc(C(CC(=O)Nc2cccc(OC)c2)NS(C)(=O)=O)cc1. The average Bonchev–Trinajstić information content (AvgIpc) is 2.60. The van der Waals surface area contributed by atoms with Crippen LogP contribution in [0.15, 0.2) is 48.5 Å². The first-order chi connectivity index (χ1) is 12.3. The molecule has 2 aromatic rings. The topological polar surface area (TPSA) is 93.7 Å². The number of ether oxygens (including phenoxy) is 2. The fourth-order valence-corrected chi connectivity index (χ4v) is 3.16. The van der Waals surface area contributed by atoms with E-state index in [-0.39, 0.29) is 12.3 Å². The van der Waals surface area contributed by atoms with Crippen LogP contribution in [0.5, 0.6) is 11.5 Å². The molecule has 0 aliphatic rings. The number of amides is 1. The van der Waals surface area contributed by atoms with Crippen molar-refractivity contribution < 1.29 is 22.7 Å². The van der Waals surface area contributed by atoms with Gasteiger partial charge in [0.2, 0.25) is 15.9 Å². The van der Waals surface area contributed by atoms with Crippen molar-refractivity contribution in [2.24, 2.45) is 0 Å². The molecule has 0 aliphatic carbocycles. The Bertz CT molecular complexity index is 850. The molecule has 2 rings (SSSR count). The molecule has 0 saturated heterocycles. The van der Waals surface area contributed by atoms with E-state index in [9.17, 15) is 13.2 Å². The monoisotopic (exact) mass is 378 g/mol. The quantitative estimate of drug-likeness (QED) is 0.735. The second kappa shape index (κ2) is 8.68. The lowest BCUT2D eigenvalue weighted by Crippen LogP contribution is -2.30. The summed E-state index contributed by atoms with van der Waals surface area (Å²) >= 11 is 0. The van der Waals surface area contributed by atoms with Crippen LogP contribution in [0.2, 0.25) is 0 Å². The van der Waals surface area contributed by atoms with Crippen molar-refractivity contribution in [3.05, 3.63) is 54.1 Å². The Morgan fingerprint density at radius 3 is 2.27 bits per heavy atom. The van der Waals surface area contributed by atoms with Gasteiger partial charge in [-0.25, -0.2) is 13.1 Å². The van der Waals surface area contributed by atoms with E-state index in [2.05, 4.69) is 10.0 Å². The van der Waals surface area contributed by atoms with E-state index in [0.29, 0.717) is 22.7 Å². The van der Waals surface area contributed by atoms with Gasteiger partial charge in [0.05, 0.1) is 26.5 Å². The van der Waals surface area contributed by atoms with E-state index >= 15 is 0 Å². The highest BCUT2D eigenvalue weighted by Crippen LogP contribution is 2.23. The Morgan fingerprint density at radius 2 is 1.69 bits per heavy atom.